The highest BCUT2D eigenvalue weighted by Gasteiger charge is 2.00. The van der Waals surface area contributed by atoms with Gasteiger partial charge < -0.3 is 10.7 Å². The van der Waals surface area contributed by atoms with Gasteiger partial charge >= 0.3 is 0 Å². The summed E-state index contributed by atoms with van der Waals surface area (Å²) in [6.07, 6.45) is 3.19. The number of nitrogens with one attached hydrogen (secondary N) is 2. The fourth-order valence-electron chi connectivity index (χ4n) is 1.37. The Hall–Kier alpha value is -1.66. The Morgan fingerprint density at radius 3 is 2.71 bits per heavy atom. The molecular weight excluding hydrogens is 282 g/mol. The molecule has 0 amide bonds. The Balaban J connectivity index is 2.22. The summed E-state index contributed by atoms with van der Waals surface area (Å²) in [5.41, 5.74) is 4.55. The van der Waals surface area contributed by atoms with E-state index < -0.39 is 0 Å². The van der Waals surface area contributed by atoms with E-state index in [1.165, 1.54) is 0 Å². The van der Waals surface area contributed by atoms with Gasteiger partial charge in [-0.25, -0.2) is 10.8 Å². The molecule has 2 aromatic rings. The van der Waals surface area contributed by atoms with Gasteiger partial charge in [-0.15, -0.1) is 0 Å². The van der Waals surface area contributed by atoms with Crippen LogP contribution in [-0.4, -0.2) is 9.97 Å². The minimum atomic E-state index is 0.517. The van der Waals surface area contributed by atoms with Crippen molar-refractivity contribution in [2.45, 2.75) is 6.92 Å². The number of nitrogens with zero attached hydrogens (tertiary/aromatic N) is 2. The van der Waals surface area contributed by atoms with Crippen molar-refractivity contribution >= 4 is 33.3 Å². The molecule has 5 nitrogen and oxygen atoms in total. The fourth-order valence-corrected chi connectivity index (χ4v) is 1.61. The molecule has 0 atom stereocenters. The minimum absolute atomic E-state index is 0.517. The zero-order valence-corrected chi connectivity index (χ0v) is 10.8. The third-order valence-corrected chi connectivity index (χ3v) is 3.10. The maximum Gasteiger partial charge on any atom is 0.160 e. The standard InChI is InChI=1S/C11H12BrN5/c1-7-4-8(2-3-9(7)12)15-10-5-14-6-11(16-10)17-13/h2-6H,13H2,1H3,(H2,15,16,17). The van der Waals surface area contributed by atoms with E-state index in [2.05, 4.69) is 36.6 Å². The Labute approximate surface area is 108 Å². The van der Waals surface area contributed by atoms with E-state index in [0.717, 1.165) is 15.7 Å². The van der Waals surface area contributed by atoms with Gasteiger partial charge in [0.1, 0.15) is 0 Å². The third kappa shape index (κ3) is 2.92. The topological polar surface area (TPSA) is 75.9 Å². The largest absolute Gasteiger partial charge is 0.339 e. The first kappa shape index (κ1) is 11.8. The molecule has 0 aliphatic heterocycles. The van der Waals surface area contributed by atoms with Gasteiger partial charge in [-0.05, 0) is 30.7 Å². The molecule has 0 fully saturated rings. The molecule has 0 saturated heterocycles. The molecule has 0 radical (unpaired) electrons. The number of rotatable bonds is 3. The lowest BCUT2D eigenvalue weighted by Crippen LogP contribution is -2.09. The minimum Gasteiger partial charge on any atom is -0.339 e. The van der Waals surface area contributed by atoms with E-state index >= 15 is 0 Å². The van der Waals surface area contributed by atoms with Gasteiger partial charge in [0.05, 0.1) is 12.4 Å². The zero-order chi connectivity index (χ0) is 12.3. The third-order valence-electron chi connectivity index (χ3n) is 2.21. The number of hydrogen-bond donors (Lipinski definition) is 3. The number of aromatic nitrogens is 2. The first-order valence-electron chi connectivity index (χ1n) is 5.01. The number of benzene rings is 1. The van der Waals surface area contributed by atoms with Crippen LogP contribution in [0.1, 0.15) is 5.56 Å². The van der Waals surface area contributed by atoms with E-state index in [1.54, 1.807) is 12.4 Å². The van der Waals surface area contributed by atoms with E-state index in [1.807, 2.05) is 25.1 Å². The van der Waals surface area contributed by atoms with Crippen molar-refractivity contribution in [1.82, 2.24) is 9.97 Å². The van der Waals surface area contributed by atoms with Crippen molar-refractivity contribution in [2.75, 3.05) is 10.7 Å². The molecule has 0 saturated carbocycles. The molecule has 0 spiro atoms. The van der Waals surface area contributed by atoms with Gasteiger partial charge in [-0.3, -0.25) is 4.98 Å². The van der Waals surface area contributed by atoms with E-state index in [4.69, 9.17) is 5.84 Å². The molecule has 0 bridgehead atoms. The molecule has 0 aliphatic rings. The lowest BCUT2D eigenvalue weighted by molar-refractivity contribution is 1.16. The van der Waals surface area contributed by atoms with Crippen molar-refractivity contribution in [1.29, 1.82) is 0 Å². The number of nitrogens with two attached hydrogens (primary N) is 1. The lowest BCUT2D eigenvalue weighted by Gasteiger charge is -2.08. The monoisotopic (exact) mass is 293 g/mol. The molecule has 1 heterocycles. The van der Waals surface area contributed by atoms with Crippen LogP contribution in [0, 0.1) is 6.92 Å². The average molecular weight is 294 g/mol. The molecule has 1 aromatic heterocycles. The fraction of sp³-hybridized carbons (Fsp3) is 0.0909. The Morgan fingerprint density at radius 2 is 2.00 bits per heavy atom. The summed E-state index contributed by atoms with van der Waals surface area (Å²) in [5, 5.41) is 3.16. The van der Waals surface area contributed by atoms with E-state index in [-0.39, 0.29) is 0 Å². The van der Waals surface area contributed by atoms with Crippen LogP contribution in [0.25, 0.3) is 0 Å². The van der Waals surface area contributed by atoms with Gasteiger partial charge in [0.25, 0.3) is 0 Å². The predicted octanol–water partition coefficient (Wildman–Crippen LogP) is 2.58. The summed E-state index contributed by atoms with van der Waals surface area (Å²) in [6, 6.07) is 5.96. The Bertz CT molecular complexity index is 529. The maximum absolute atomic E-state index is 5.27. The second-order valence-corrected chi connectivity index (χ2v) is 4.38. The highest BCUT2D eigenvalue weighted by molar-refractivity contribution is 9.10. The van der Waals surface area contributed by atoms with Crippen molar-refractivity contribution in [3.63, 3.8) is 0 Å². The average Bonchev–Trinajstić information content (AvgIpc) is 2.34. The predicted molar refractivity (Wildman–Crippen MR) is 72.0 cm³/mol. The molecular formula is C11H12BrN5. The molecule has 88 valence electrons. The quantitative estimate of drug-likeness (QED) is 0.599. The summed E-state index contributed by atoms with van der Waals surface area (Å²) >= 11 is 3.46. The second-order valence-electron chi connectivity index (χ2n) is 3.52. The van der Waals surface area contributed by atoms with E-state index in [0.29, 0.717) is 11.6 Å². The molecule has 2 rings (SSSR count). The van der Waals surface area contributed by atoms with Crippen LogP contribution < -0.4 is 16.6 Å². The highest BCUT2D eigenvalue weighted by Crippen LogP contribution is 2.22. The molecule has 1 aromatic carbocycles. The summed E-state index contributed by atoms with van der Waals surface area (Å²) in [5.74, 6) is 6.43. The normalized spacial score (nSPS) is 10.1. The number of hydrogen-bond acceptors (Lipinski definition) is 5. The zero-order valence-electron chi connectivity index (χ0n) is 9.24. The van der Waals surface area contributed by atoms with Gasteiger partial charge in [-0.1, -0.05) is 15.9 Å². The van der Waals surface area contributed by atoms with Gasteiger partial charge in [-0.2, -0.15) is 0 Å². The second kappa shape index (κ2) is 5.11. The van der Waals surface area contributed by atoms with Crippen molar-refractivity contribution < 1.29 is 0 Å². The van der Waals surface area contributed by atoms with Crippen LogP contribution in [0.15, 0.2) is 35.1 Å². The molecule has 0 unspecified atom stereocenters. The van der Waals surface area contributed by atoms with Crippen molar-refractivity contribution in [3.05, 3.63) is 40.6 Å². The summed E-state index contributed by atoms with van der Waals surface area (Å²) in [6.45, 7) is 2.03. The Kier molecular flexibility index (Phi) is 3.55. The molecule has 17 heavy (non-hydrogen) atoms. The summed E-state index contributed by atoms with van der Waals surface area (Å²) < 4.78 is 1.08. The number of aryl methyl sites for hydroxylation is 1. The van der Waals surface area contributed by atoms with Crippen LogP contribution in [0.5, 0.6) is 0 Å². The summed E-state index contributed by atoms with van der Waals surface area (Å²) in [7, 11) is 0. The first-order chi connectivity index (χ1) is 8.19. The van der Waals surface area contributed by atoms with Crippen LogP contribution in [0.2, 0.25) is 0 Å². The molecule has 4 N–H and O–H groups in total. The first-order valence-corrected chi connectivity index (χ1v) is 5.80. The van der Waals surface area contributed by atoms with Crippen LogP contribution >= 0.6 is 15.9 Å². The van der Waals surface area contributed by atoms with Crippen molar-refractivity contribution in [3.8, 4) is 0 Å². The molecule has 6 heteroatoms. The number of anilines is 3. The van der Waals surface area contributed by atoms with Crippen LogP contribution in [0.4, 0.5) is 17.3 Å². The van der Waals surface area contributed by atoms with Crippen molar-refractivity contribution in [2.24, 2.45) is 5.84 Å². The highest BCUT2D eigenvalue weighted by atomic mass is 79.9. The van der Waals surface area contributed by atoms with Gasteiger partial charge in [0.2, 0.25) is 0 Å². The van der Waals surface area contributed by atoms with E-state index in [9.17, 15) is 0 Å². The SMILES string of the molecule is Cc1cc(Nc2cncc(NN)n2)ccc1Br. The van der Waals surface area contributed by atoms with Gasteiger partial charge in [0, 0.05) is 10.2 Å². The van der Waals surface area contributed by atoms with Gasteiger partial charge in [0.15, 0.2) is 11.6 Å². The Morgan fingerprint density at radius 1 is 1.24 bits per heavy atom. The lowest BCUT2D eigenvalue weighted by atomic mass is 10.2. The number of halogens is 1. The summed E-state index contributed by atoms with van der Waals surface area (Å²) in [4.78, 5) is 8.23. The smallest absolute Gasteiger partial charge is 0.160 e. The number of nitrogen functional groups attached to an aromatic ring is 1. The maximum atomic E-state index is 5.27. The number of hydrazine groups is 1. The van der Waals surface area contributed by atoms with Crippen LogP contribution in [0.3, 0.4) is 0 Å². The molecule has 0 aliphatic carbocycles. The van der Waals surface area contributed by atoms with Crippen LogP contribution in [-0.2, 0) is 0 Å².